The van der Waals surface area contributed by atoms with E-state index in [1.165, 1.54) is 6.07 Å². The molecule has 0 heterocycles. The van der Waals surface area contributed by atoms with Crippen LogP contribution in [0.3, 0.4) is 0 Å². The Morgan fingerprint density at radius 1 is 1.17 bits per heavy atom. The van der Waals surface area contributed by atoms with E-state index in [1.54, 1.807) is 25.1 Å². The summed E-state index contributed by atoms with van der Waals surface area (Å²) in [5.74, 6) is -1.45. The van der Waals surface area contributed by atoms with Crippen LogP contribution in [-0.4, -0.2) is 19.1 Å². The van der Waals surface area contributed by atoms with Crippen LogP contribution in [-0.2, 0) is 4.79 Å². The van der Waals surface area contributed by atoms with Crippen molar-refractivity contribution in [1.29, 1.82) is 0 Å². The van der Waals surface area contributed by atoms with Crippen molar-refractivity contribution < 1.29 is 18.3 Å². The highest BCUT2D eigenvalue weighted by Gasteiger charge is 2.12. The summed E-state index contributed by atoms with van der Waals surface area (Å²) in [6.45, 7) is 4.16. The maximum atomic E-state index is 13.2. The molecule has 1 atom stereocenters. The van der Waals surface area contributed by atoms with Crippen molar-refractivity contribution in [2.75, 3.05) is 18.5 Å². The smallest absolute Gasteiger partial charge is 0.238 e. The minimum atomic E-state index is -0.906. The van der Waals surface area contributed by atoms with Gasteiger partial charge in [-0.15, -0.1) is 0 Å². The molecule has 0 aromatic heterocycles. The Kier molecular flexibility index (Phi) is 6.26. The monoisotopic (exact) mass is 334 g/mol. The number of para-hydroxylation sites is 2. The second kappa shape index (κ2) is 8.40. The van der Waals surface area contributed by atoms with Crippen molar-refractivity contribution in [3.05, 3.63) is 59.7 Å². The van der Waals surface area contributed by atoms with Gasteiger partial charge >= 0.3 is 0 Å². The summed E-state index contributed by atoms with van der Waals surface area (Å²) in [6.07, 6.45) is 0. The highest BCUT2D eigenvalue weighted by atomic mass is 19.2. The zero-order valence-corrected chi connectivity index (χ0v) is 13.6. The summed E-state index contributed by atoms with van der Waals surface area (Å²) in [5, 5.41) is 5.74. The first kappa shape index (κ1) is 17.9. The number of benzene rings is 2. The van der Waals surface area contributed by atoms with E-state index in [9.17, 15) is 13.6 Å². The van der Waals surface area contributed by atoms with E-state index in [-0.39, 0.29) is 18.5 Å². The molecule has 2 N–H and O–H groups in total. The molecular formula is C18H20F2N2O2. The number of nitrogens with one attached hydrogen (secondary N) is 2. The number of ether oxygens (including phenoxy) is 1. The first-order chi connectivity index (χ1) is 11.5. The van der Waals surface area contributed by atoms with Gasteiger partial charge in [0.2, 0.25) is 5.91 Å². The molecule has 0 saturated heterocycles. The Bertz CT molecular complexity index is 707. The van der Waals surface area contributed by atoms with E-state index in [0.717, 1.165) is 12.1 Å². The maximum Gasteiger partial charge on any atom is 0.238 e. The van der Waals surface area contributed by atoms with Gasteiger partial charge in [-0.05, 0) is 43.7 Å². The number of hydrogen-bond acceptors (Lipinski definition) is 3. The average molecular weight is 334 g/mol. The lowest BCUT2D eigenvalue weighted by Gasteiger charge is -2.15. The van der Waals surface area contributed by atoms with Gasteiger partial charge in [0, 0.05) is 6.04 Å². The molecular weight excluding hydrogens is 314 g/mol. The van der Waals surface area contributed by atoms with Gasteiger partial charge in [-0.2, -0.15) is 0 Å². The lowest BCUT2D eigenvalue weighted by molar-refractivity contribution is -0.115. The summed E-state index contributed by atoms with van der Waals surface area (Å²) in [4.78, 5) is 12.1. The second-order valence-corrected chi connectivity index (χ2v) is 5.25. The Hall–Kier alpha value is -2.47. The molecule has 0 fully saturated rings. The zero-order valence-electron chi connectivity index (χ0n) is 13.6. The average Bonchev–Trinajstić information content (AvgIpc) is 2.57. The molecule has 6 heteroatoms. The van der Waals surface area contributed by atoms with Gasteiger partial charge in [-0.25, -0.2) is 8.78 Å². The lowest BCUT2D eigenvalue weighted by atomic mass is 10.1. The molecule has 2 rings (SSSR count). The Morgan fingerprint density at radius 3 is 2.62 bits per heavy atom. The second-order valence-electron chi connectivity index (χ2n) is 5.25. The van der Waals surface area contributed by atoms with Crippen LogP contribution in [0.5, 0.6) is 5.75 Å². The Morgan fingerprint density at radius 2 is 1.92 bits per heavy atom. The maximum absolute atomic E-state index is 13.2. The third kappa shape index (κ3) is 4.76. The fourth-order valence-electron chi connectivity index (χ4n) is 2.19. The standard InChI is InChI=1S/C18H20F2N2O2/c1-3-24-17-7-5-4-6-16(17)22-18(23)11-21-12(2)13-8-9-14(19)15(20)10-13/h4-10,12,21H,3,11H2,1-2H3,(H,22,23)/t12-/m1/s1. The molecule has 2 aromatic rings. The summed E-state index contributed by atoms with van der Waals surface area (Å²) in [7, 11) is 0. The molecule has 0 aliphatic rings. The fraction of sp³-hybridized carbons (Fsp3) is 0.278. The van der Waals surface area contributed by atoms with E-state index < -0.39 is 11.6 Å². The highest BCUT2D eigenvalue weighted by molar-refractivity contribution is 5.93. The number of carbonyl (C=O) groups excluding carboxylic acids is 1. The predicted molar refractivity (Wildman–Crippen MR) is 89.0 cm³/mol. The van der Waals surface area contributed by atoms with Crippen LogP contribution in [0, 0.1) is 11.6 Å². The number of rotatable bonds is 7. The Labute approximate surface area is 139 Å². The van der Waals surface area contributed by atoms with Crippen molar-refractivity contribution in [2.24, 2.45) is 0 Å². The number of amides is 1. The van der Waals surface area contributed by atoms with Crippen LogP contribution in [0.2, 0.25) is 0 Å². The molecule has 0 spiro atoms. The van der Waals surface area contributed by atoms with E-state index in [2.05, 4.69) is 10.6 Å². The SMILES string of the molecule is CCOc1ccccc1NC(=O)CN[C@H](C)c1ccc(F)c(F)c1. The van der Waals surface area contributed by atoms with Crippen molar-refractivity contribution in [3.63, 3.8) is 0 Å². The third-order valence-electron chi connectivity index (χ3n) is 3.47. The minimum absolute atomic E-state index is 0.0284. The van der Waals surface area contributed by atoms with Crippen LogP contribution in [0.1, 0.15) is 25.5 Å². The van der Waals surface area contributed by atoms with Crippen LogP contribution < -0.4 is 15.4 Å². The van der Waals surface area contributed by atoms with E-state index in [1.807, 2.05) is 13.0 Å². The first-order valence-electron chi connectivity index (χ1n) is 7.71. The van der Waals surface area contributed by atoms with Gasteiger partial charge in [-0.1, -0.05) is 18.2 Å². The quantitative estimate of drug-likeness (QED) is 0.812. The number of carbonyl (C=O) groups is 1. The molecule has 0 aliphatic carbocycles. The molecule has 0 radical (unpaired) electrons. The van der Waals surface area contributed by atoms with Crippen LogP contribution in [0.15, 0.2) is 42.5 Å². The predicted octanol–water partition coefficient (Wildman–Crippen LogP) is 3.65. The topological polar surface area (TPSA) is 50.4 Å². The van der Waals surface area contributed by atoms with Crippen molar-refractivity contribution in [2.45, 2.75) is 19.9 Å². The number of hydrogen-bond donors (Lipinski definition) is 2. The lowest BCUT2D eigenvalue weighted by Crippen LogP contribution is -2.30. The van der Waals surface area contributed by atoms with Gasteiger partial charge in [0.15, 0.2) is 11.6 Å². The number of halogens is 2. The molecule has 128 valence electrons. The van der Waals surface area contributed by atoms with E-state index >= 15 is 0 Å². The van der Waals surface area contributed by atoms with Gasteiger partial charge < -0.3 is 15.4 Å². The molecule has 2 aromatic carbocycles. The minimum Gasteiger partial charge on any atom is -0.492 e. The molecule has 4 nitrogen and oxygen atoms in total. The summed E-state index contributed by atoms with van der Waals surface area (Å²) in [6, 6.07) is 10.5. The van der Waals surface area contributed by atoms with Crippen molar-refractivity contribution in [1.82, 2.24) is 5.32 Å². The molecule has 24 heavy (non-hydrogen) atoms. The summed E-state index contributed by atoms with van der Waals surface area (Å²) >= 11 is 0. The summed E-state index contributed by atoms with van der Waals surface area (Å²) < 4.78 is 31.6. The molecule has 0 saturated carbocycles. The van der Waals surface area contributed by atoms with Crippen LogP contribution >= 0.6 is 0 Å². The largest absolute Gasteiger partial charge is 0.492 e. The van der Waals surface area contributed by atoms with Gasteiger partial charge in [0.05, 0.1) is 18.8 Å². The van der Waals surface area contributed by atoms with Crippen LogP contribution in [0.4, 0.5) is 14.5 Å². The highest BCUT2D eigenvalue weighted by Crippen LogP contribution is 2.23. The normalized spacial score (nSPS) is 11.8. The van der Waals surface area contributed by atoms with Crippen molar-refractivity contribution >= 4 is 11.6 Å². The number of anilines is 1. The zero-order chi connectivity index (χ0) is 17.5. The Balaban J connectivity index is 1.92. The van der Waals surface area contributed by atoms with E-state index in [0.29, 0.717) is 23.6 Å². The molecule has 0 aliphatic heterocycles. The molecule has 0 bridgehead atoms. The van der Waals surface area contributed by atoms with Gasteiger partial charge in [0.25, 0.3) is 0 Å². The summed E-state index contributed by atoms with van der Waals surface area (Å²) in [5.41, 5.74) is 1.16. The van der Waals surface area contributed by atoms with E-state index in [4.69, 9.17) is 4.74 Å². The first-order valence-corrected chi connectivity index (χ1v) is 7.71. The van der Waals surface area contributed by atoms with Crippen LogP contribution in [0.25, 0.3) is 0 Å². The van der Waals surface area contributed by atoms with Crippen molar-refractivity contribution in [3.8, 4) is 5.75 Å². The molecule has 0 unspecified atom stereocenters. The van der Waals surface area contributed by atoms with Gasteiger partial charge in [0.1, 0.15) is 5.75 Å². The van der Waals surface area contributed by atoms with Gasteiger partial charge in [-0.3, -0.25) is 4.79 Å². The fourth-order valence-corrected chi connectivity index (χ4v) is 2.19. The third-order valence-corrected chi connectivity index (χ3v) is 3.47. The molecule has 1 amide bonds.